The molecule has 3 rings (SSSR count). The number of nitrogens with one attached hydrogen (secondary N) is 1. The first-order valence-electron chi connectivity index (χ1n) is 8.12. The fourth-order valence-electron chi connectivity index (χ4n) is 2.86. The van der Waals surface area contributed by atoms with Crippen molar-refractivity contribution in [1.82, 2.24) is 10.2 Å². The fourth-order valence-corrected chi connectivity index (χ4v) is 2.86. The van der Waals surface area contributed by atoms with Gasteiger partial charge in [0, 0.05) is 32.7 Å². The van der Waals surface area contributed by atoms with Crippen LogP contribution in [-0.2, 0) is 6.42 Å². The average Bonchev–Trinajstić information content (AvgIpc) is 2.50. The van der Waals surface area contributed by atoms with Gasteiger partial charge in [0.15, 0.2) is 11.5 Å². The number of piperazine rings is 1. The van der Waals surface area contributed by atoms with E-state index in [1.807, 2.05) is 6.07 Å². The first-order valence-corrected chi connectivity index (χ1v) is 8.12. The molecule has 0 radical (unpaired) electrons. The van der Waals surface area contributed by atoms with Gasteiger partial charge in [-0.2, -0.15) is 0 Å². The zero-order chi connectivity index (χ0) is 14.5. The van der Waals surface area contributed by atoms with Crippen molar-refractivity contribution in [2.45, 2.75) is 31.8 Å². The van der Waals surface area contributed by atoms with Crippen LogP contribution >= 0.6 is 0 Å². The van der Waals surface area contributed by atoms with Crippen LogP contribution in [0.4, 0.5) is 0 Å². The van der Waals surface area contributed by atoms with Gasteiger partial charge < -0.3 is 19.7 Å². The lowest BCUT2D eigenvalue weighted by molar-refractivity contribution is 0.116. The van der Waals surface area contributed by atoms with E-state index in [-0.39, 0.29) is 0 Å². The largest absolute Gasteiger partial charge is 0.493 e. The van der Waals surface area contributed by atoms with Crippen LogP contribution in [-0.4, -0.2) is 50.8 Å². The minimum Gasteiger partial charge on any atom is -0.493 e. The van der Waals surface area contributed by atoms with Gasteiger partial charge in [-0.3, -0.25) is 0 Å². The van der Waals surface area contributed by atoms with Crippen molar-refractivity contribution >= 4 is 0 Å². The Labute approximate surface area is 127 Å². The maximum Gasteiger partial charge on any atom is 0.161 e. The Kier molecular flexibility index (Phi) is 4.99. The first kappa shape index (κ1) is 14.7. The van der Waals surface area contributed by atoms with Crippen molar-refractivity contribution in [2.75, 3.05) is 39.8 Å². The second-order valence-electron chi connectivity index (χ2n) is 6.00. The SMILES string of the molecule is COc1ccc(CCN2CCNCC2)cc1OC1CCC1. The van der Waals surface area contributed by atoms with E-state index in [9.17, 15) is 0 Å². The lowest BCUT2D eigenvalue weighted by atomic mass is 9.96. The molecule has 2 fully saturated rings. The molecule has 0 bridgehead atoms. The van der Waals surface area contributed by atoms with Crippen LogP contribution in [0.3, 0.4) is 0 Å². The van der Waals surface area contributed by atoms with E-state index in [0.29, 0.717) is 6.10 Å². The molecule has 0 unspecified atom stereocenters. The third kappa shape index (κ3) is 3.89. The third-order valence-corrected chi connectivity index (χ3v) is 4.50. The molecular weight excluding hydrogens is 264 g/mol. The Morgan fingerprint density at radius 2 is 2.00 bits per heavy atom. The van der Waals surface area contributed by atoms with Gasteiger partial charge in [-0.15, -0.1) is 0 Å². The Morgan fingerprint density at radius 3 is 2.67 bits per heavy atom. The predicted molar refractivity (Wildman–Crippen MR) is 84.3 cm³/mol. The molecular formula is C17H26N2O2. The topological polar surface area (TPSA) is 33.7 Å². The van der Waals surface area contributed by atoms with Crippen molar-refractivity contribution in [3.8, 4) is 11.5 Å². The second kappa shape index (κ2) is 7.14. The molecule has 1 aromatic carbocycles. The molecule has 1 aliphatic heterocycles. The Hall–Kier alpha value is -1.26. The lowest BCUT2D eigenvalue weighted by Crippen LogP contribution is -2.44. The van der Waals surface area contributed by atoms with Gasteiger partial charge in [0.05, 0.1) is 13.2 Å². The van der Waals surface area contributed by atoms with Crippen LogP contribution in [0, 0.1) is 0 Å². The van der Waals surface area contributed by atoms with Crippen LogP contribution < -0.4 is 14.8 Å². The van der Waals surface area contributed by atoms with Gasteiger partial charge >= 0.3 is 0 Å². The number of rotatable bonds is 6. The predicted octanol–water partition coefficient (Wildman–Crippen LogP) is 2.07. The summed E-state index contributed by atoms with van der Waals surface area (Å²) in [4.78, 5) is 2.52. The van der Waals surface area contributed by atoms with E-state index >= 15 is 0 Å². The molecule has 1 heterocycles. The zero-order valence-electron chi connectivity index (χ0n) is 12.9. The van der Waals surface area contributed by atoms with E-state index in [1.165, 1.54) is 24.8 Å². The van der Waals surface area contributed by atoms with Crippen LogP contribution in [0.2, 0.25) is 0 Å². The highest BCUT2D eigenvalue weighted by atomic mass is 16.5. The summed E-state index contributed by atoms with van der Waals surface area (Å²) in [5, 5.41) is 3.39. The lowest BCUT2D eigenvalue weighted by Gasteiger charge is -2.28. The standard InChI is InChI=1S/C17H26N2O2/c1-20-16-6-5-14(7-10-19-11-8-18-9-12-19)13-17(16)21-15-3-2-4-15/h5-6,13,15,18H,2-4,7-12H2,1H3. The molecule has 0 atom stereocenters. The van der Waals surface area contributed by atoms with E-state index in [4.69, 9.17) is 9.47 Å². The van der Waals surface area contributed by atoms with E-state index in [2.05, 4.69) is 22.3 Å². The third-order valence-electron chi connectivity index (χ3n) is 4.50. The Bertz CT molecular complexity index is 454. The normalized spacial score (nSPS) is 20.0. The average molecular weight is 290 g/mol. The molecule has 0 aromatic heterocycles. The Balaban J connectivity index is 1.59. The van der Waals surface area contributed by atoms with Gasteiger partial charge in [0.1, 0.15) is 0 Å². The Morgan fingerprint density at radius 1 is 1.19 bits per heavy atom. The van der Waals surface area contributed by atoms with Crippen LogP contribution in [0.25, 0.3) is 0 Å². The molecule has 1 aromatic rings. The van der Waals surface area contributed by atoms with Gasteiger partial charge in [0.2, 0.25) is 0 Å². The quantitative estimate of drug-likeness (QED) is 0.870. The molecule has 4 heteroatoms. The summed E-state index contributed by atoms with van der Waals surface area (Å²) in [5.41, 5.74) is 1.34. The summed E-state index contributed by atoms with van der Waals surface area (Å²) in [6, 6.07) is 6.37. The molecule has 1 N–H and O–H groups in total. The van der Waals surface area contributed by atoms with Crippen molar-refractivity contribution in [2.24, 2.45) is 0 Å². The van der Waals surface area contributed by atoms with E-state index < -0.39 is 0 Å². The highest BCUT2D eigenvalue weighted by molar-refractivity contribution is 5.43. The number of hydrogen-bond acceptors (Lipinski definition) is 4. The van der Waals surface area contributed by atoms with E-state index in [1.54, 1.807) is 7.11 Å². The van der Waals surface area contributed by atoms with Gasteiger partial charge in [-0.1, -0.05) is 6.07 Å². The van der Waals surface area contributed by atoms with Crippen LogP contribution in [0.1, 0.15) is 24.8 Å². The summed E-state index contributed by atoms with van der Waals surface area (Å²) in [5.74, 6) is 1.77. The smallest absolute Gasteiger partial charge is 0.161 e. The zero-order valence-corrected chi connectivity index (χ0v) is 12.9. The summed E-state index contributed by atoms with van der Waals surface area (Å²) >= 11 is 0. The van der Waals surface area contributed by atoms with Gasteiger partial charge in [0.25, 0.3) is 0 Å². The number of nitrogens with zero attached hydrogens (tertiary/aromatic N) is 1. The number of methoxy groups -OCH3 is 1. The summed E-state index contributed by atoms with van der Waals surface area (Å²) in [6.45, 7) is 5.65. The summed E-state index contributed by atoms with van der Waals surface area (Å²) in [7, 11) is 1.71. The van der Waals surface area contributed by atoms with Crippen LogP contribution in [0.5, 0.6) is 11.5 Å². The molecule has 0 amide bonds. The van der Waals surface area contributed by atoms with Crippen molar-refractivity contribution in [1.29, 1.82) is 0 Å². The first-order chi connectivity index (χ1) is 10.3. The molecule has 4 nitrogen and oxygen atoms in total. The number of ether oxygens (including phenoxy) is 2. The van der Waals surface area contributed by atoms with Crippen molar-refractivity contribution in [3.05, 3.63) is 23.8 Å². The molecule has 1 saturated carbocycles. The number of hydrogen-bond donors (Lipinski definition) is 1. The molecule has 1 saturated heterocycles. The fraction of sp³-hybridized carbons (Fsp3) is 0.647. The highest BCUT2D eigenvalue weighted by Gasteiger charge is 2.21. The highest BCUT2D eigenvalue weighted by Crippen LogP contribution is 2.33. The van der Waals surface area contributed by atoms with Gasteiger partial charge in [-0.25, -0.2) is 0 Å². The number of benzene rings is 1. The molecule has 0 spiro atoms. The maximum absolute atomic E-state index is 6.06. The molecule has 21 heavy (non-hydrogen) atoms. The summed E-state index contributed by atoms with van der Waals surface area (Å²) < 4.78 is 11.5. The summed E-state index contributed by atoms with van der Waals surface area (Å²) in [6.07, 6.45) is 5.10. The van der Waals surface area contributed by atoms with E-state index in [0.717, 1.165) is 50.6 Å². The molecule has 1 aliphatic carbocycles. The van der Waals surface area contributed by atoms with Crippen molar-refractivity contribution in [3.63, 3.8) is 0 Å². The molecule has 2 aliphatic rings. The van der Waals surface area contributed by atoms with Gasteiger partial charge in [-0.05, 0) is 43.4 Å². The van der Waals surface area contributed by atoms with Crippen molar-refractivity contribution < 1.29 is 9.47 Å². The van der Waals surface area contributed by atoms with Crippen LogP contribution in [0.15, 0.2) is 18.2 Å². The minimum atomic E-state index is 0.391. The molecule has 116 valence electrons. The second-order valence-corrected chi connectivity index (χ2v) is 6.00. The minimum absolute atomic E-state index is 0.391. The maximum atomic E-state index is 6.06. The monoisotopic (exact) mass is 290 g/mol.